The summed E-state index contributed by atoms with van der Waals surface area (Å²) in [6.07, 6.45) is 5.57. The topological polar surface area (TPSA) is 50.4 Å². The first-order chi connectivity index (χ1) is 11.2. The number of hydrogen-bond donors (Lipinski definition) is 2. The number of aromatic nitrogens is 2. The third kappa shape index (κ3) is 3.42. The van der Waals surface area contributed by atoms with Crippen LogP contribution in [0.5, 0.6) is 5.88 Å². The lowest BCUT2D eigenvalue weighted by molar-refractivity contribution is 0.386. The summed E-state index contributed by atoms with van der Waals surface area (Å²) in [6.45, 7) is 1.71. The normalized spacial score (nSPS) is 16.5. The highest BCUT2D eigenvalue weighted by Gasteiger charge is 2.22. The van der Waals surface area contributed by atoms with Crippen molar-refractivity contribution in [1.29, 1.82) is 0 Å². The van der Waals surface area contributed by atoms with Crippen molar-refractivity contribution in [3.63, 3.8) is 0 Å². The van der Waals surface area contributed by atoms with Crippen molar-refractivity contribution in [1.82, 2.24) is 9.24 Å². The molecule has 1 fully saturated rings. The van der Waals surface area contributed by atoms with E-state index in [0.29, 0.717) is 12.2 Å². The summed E-state index contributed by atoms with van der Waals surface area (Å²) in [5.41, 5.74) is 0.947. The van der Waals surface area contributed by atoms with Crippen molar-refractivity contribution in [2.24, 2.45) is 0 Å². The van der Waals surface area contributed by atoms with E-state index in [-0.39, 0.29) is 17.6 Å². The van der Waals surface area contributed by atoms with Gasteiger partial charge < -0.3 is 10.1 Å². The molecule has 0 spiro atoms. The van der Waals surface area contributed by atoms with E-state index in [4.69, 9.17) is 0 Å². The molecule has 124 valence electrons. The average Bonchev–Trinajstić information content (AvgIpc) is 2.89. The van der Waals surface area contributed by atoms with Gasteiger partial charge in [-0.3, -0.25) is 4.57 Å². The molecule has 23 heavy (non-hydrogen) atoms. The molecule has 0 saturated carbocycles. The molecule has 1 N–H and O–H groups in total. The molecule has 6 heteroatoms. The predicted molar refractivity (Wildman–Crippen MR) is 95.2 cm³/mol. The van der Waals surface area contributed by atoms with E-state index in [1.165, 1.54) is 17.2 Å². The van der Waals surface area contributed by atoms with Gasteiger partial charge in [0.15, 0.2) is 0 Å². The summed E-state index contributed by atoms with van der Waals surface area (Å²) in [4.78, 5) is 12.8. The van der Waals surface area contributed by atoms with E-state index in [2.05, 4.69) is 12.6 Å². The highest BCUT2D eigenvalue weighted by Crippen LogP contribution is 2.20. The maximum Gasteiger partial charge on any atom is 0.350 e. The van der Waals surface area contributed by atoms with Gasteiger partial charge in [-0.15, -0.1) is 0 Å². The lowest BCUT2D eigenvalue weighted by atomic mass is 10.1. The molecule has 5 nitrogen and oxygen atoms in total. The molecule has 0 amide bonds. The van der Waals surface area contributed by atoms with Crippen molar-refractivity contribution in [3.05, 3.63) is 52.6 Å². The minimum Gasteiger partial charge on any atom is -0.493 e. The van der Waals surface area contributed by atoms with Gasteiger partial charge in [-0.25, -0.2) is 9.47 Å². The number of nitrogens with zero attached hydrogens (tertiary/aromatic N) is 3. The third-order valence-corrected chi connectivity index (χ3v) is 4.84. The zero-order chi connectivity index (χ0) is 16.2. The standard InChI is InChI=1S/C17H23N3O2S/c21-16-12-19(18-9-5-2-6-10-18)17(22)20(16)15(13-23)11-14-7-3-1-4-8-14/h1,3-4,7-8,12,15,21,23H,2,5-6,9-11,13H2. The fourth-order valence-electron chi connectivity index (χ4n) is 3.20. The van der Waals surface area contributed by atoms with Crippen molar-refractivity contribution in [2.45, 2.75) is 31.7 Å². The first-order valence-electron chi connectivity index (χ1n) is 8.13. The minimum atomic E-state index is -0.181. The van der Waals surface area contributed by atoms with Gasteiger partial charge in [0.25, 0.3) is 0 Å². The van der Waals surface area contributed by atoms with Gasteiger partial charge in [0.05, 0.1) is 12.2 Å². The van der Waals surface area contributed by atoms with Gasteiger partial charge in [-0.1, -0.05) is 30.3 Å². The molecule has 0 bridgehead atoms. The van der Waals surface area contributed by atoms with E-state index < -0.39 is 0 Å². The number of piperidine rings is 1. The fraction of sp³-hybridized carbons (Fsp3) is 0.471. The fourth-order valence-corrected chi connectivity index (χ4v) is 3.49. The van der Waals surface area contributed by atoms with Gasteiger partial charge in [0.2, 0.25) is 5.88 Å². The first kappa shape index (κ1) is 16.1. The van der Waals surface area contributed by atoms with Crippen molar-refractivity contribution in [3.8, 4) is 5.88 Å². The smallest absolute Gasteiger partial charge is 0.350 e. The Bertz CT molecular complexity index is 690. The molecule has 1 aliphatic rings. The third-order valence-electron chi connectivity index (χ3n) is 4.41. The second-order valence-electron chi connectivity index (χ2n) is 6.02. The predicted octanol–water partition coefficient (Wildman–Crippen LogP) is 2.19. The van der Waals surface area contributed by atoms with Crippen LogP contribution in [0, 0.1) is 0 Å². The van der Waals surface area contributed by atoms with Crippen molar-refractivity contribution in [2.75, 3.05) is 23.9 Å². The largest absolute Gasteiger partial charge is 0.493 e. The van der Waals surface area contributed by atoms with Gasteiger partial charge in [0.1, 0.15) is 0 Å². The van der Waals surface area contributed by atoms with Crippen LogP contribution in [0.4, 0.5) is 0 Å². The van der Waals surface area contributed by atoms with E-state index >= 15 is 0 Å². The molecule has 0 aliphatic carbocycles. The second-order valence-corrected chi connectivity index (χ2v) is 6.39. The SMILES string of the molecule is O=c1n(N2CCCCC2)cc(O)n1C(CS)Cc1ccccc1. The molecule has 1 aromatic carbocycles. The van der Waals surface area contributed by atoms with Crippen molar-refractivity contribution >= 4 is 12.6 Å². The average molecular weight is 333 g/mol. The van der Waals surface area contributed by atoms with Crippen LogP contribution in [0.15, 0.2) is 41.3 Å². The number of aromatic hydroxyl groups is 1. The van der Waals surface area contributed by atoms with E-state index in [1.807, 2.05) is 35.3 Å². The number of imidazole rings is 1. The van der Waals surface area contributed by atoms with Gasteiger partial charge >= 0.3 is 5.69 Å². The number of rotatable bonds is 5. The summed E-state index contributed by atoms with van der Waals surface area (Å²) < 4.78 is 3.03. The monoisotopic (exact) mass is 333 g/mol. The minimum absolute atomic E-state index is 0.00977. The highest BCUT2D eigenvalue weighted by molar-refractivity contribution is 7.80. The molecule has 2 heterocycles. The van der Waals surface area contributed by atoms with Crippen LogP contribution in [0.25, 0.3) is 0 Å². The molecular weight excluding hydrogens is 310 g/mol. The molecule has 1 aromatic heterocycles. The van der Waals surface area contributed by atoms with E-state index in [1.54, 1.807) is 4.68 Å². The lowest BCUT2D eigenvalue weighted by Gasteiger charge is -2.28. The van der Waals surface area contributed by atoms with Crippen LogP contribution >= 0.6 is 12.6 Å². The Labute approximate surface area is 141 Å². The van der Waals surface area contributed by atoms with Crippen LogP contribution in [0.2, 0.25) is 0 Å². The second kappa shape index (κ2) is 7.17. The Morgan fingerprint density at radius 3 is 2.48 bits per heavy atom. The zero-order valence-corrected chi connectivity index (χ0v) is 14.0. The Morgan fingerprint density at radius 1 is 1.13 bits per heavy atom. The van der Waals surface area contributed by atoms with Crippen molar-refractivity contribution < 1.29 is 5.11 Å². The Kier molecular flexibility index (Phi) is 5.00. The highest BCUT2D eigenvalue weighted by atomic mass is 32.1. The Morgan fingerprint density at radius 2 is 1.83 bits per heavy atom. The Hall–Kier alpha value is -1.82. The van der Waals surface area contributed by atoms with Gasteiger partial charge in [0, 0.05) is 18.8 Å². The quantitative estimate of drug-likeness (QED) is 0.825. The number of benzene rings is 1. The molecule has 1 saturated heterocycles. The molecule has 2 aromatic rings. The number of thiol groups is 1. The van der Waals surface area contributed by atoms with Gasteiger partial charge in [-0.05, 0) is 31.2 Å². The summed E-state index contributed by atoms with van der Waals surface area (Å²) in [5.74, 6) is 0.502. The maximum absolute atomic E-state index is 12.8. The zero-order valence-electron chi connectivity index (χ0n) is 13.1. The molecule has 3 rings (SSSR count). The van der Waals surface area contributed by atoms with Crippen LogP contribution in [-0.4, -0.2) is 33.2 Å². The Balaban J connectivity index is 1.88. The molecule has 1 unspecified atom stereocenters. The number of hydrogen-bond acceptors (Lipinski definition) is 4. The molecule has 1 aliphatic heterocycles. The van der Waals surface area contributed by atoms with Crippen LogP contribution in [-0.2, 0) is 6.42 Å². The first-order valence-corrected chi connectivity index (χ1v) is 8.77. The van der Waals surface area contributed by atoms with Crippen LogP contribution < -0.4 is 10.7 Å². The molecular formula is C17H23N3O2S. The summed E-state index contributed by atoms with van der Waals surface area (Å²) in [6, 6.07) is 9.81. The van der Waals surface area contributed by atoms with Crippen LogP contribution in [0.1, 0.15) is 30.9 Å². The summed E-state index contributed by atoms with van der Waals surface area (Å²) >= 11 is 4.39. The van der Waals surface area contributed by atoms with Crippen LogP contribution in [0.3, 0.4) is 0 Å². The summed E-state index contributed by atoms with van der Waals surface area (Å²) in [5, 5.41) is 12.3. The van der Waals surface area contributed by atoms with Gasteiger partial charge in [-0.2, -0.15) is 12.6 Å². The molecule has 1 atom stereocenters. The molecule has 0 radical (unpaired) electrons. The van der Waals surface area contributed by atoms with E-state index in [0.717, 1.165) is 31.5 Å². The lowest BCUT2D eigenvalue weighted by Crippen LogP contribution is -2.45. The van der Waals surface area contributed by atoms with E-state index in [9.17, 15) is 9.90 Å². The maximum atomic E-state index is 12.8. The summed E-state index contributed by atoms with van der Waals surface area (Å²) in [7, 11) is 0.